The summed E-state index contributed by atoms with van der Waals surface area (Å²) in [5.74, 6) is -1.03. The number of benzene rings is 1. The van der Waals surface area contributed by atoms with Gasteiger partial charge in [-0.3, -0.25) is 0 Å². The van der Waals surface area contributed by atoms with Crippen molar-refractivity contribution >= 4 is 11.9 Å². The molecule has 0 amide bonds. The zero-order valence-corrected chi connectivity index (χ0v) is 8.64. The Hall–Kier alpha value is -2.10. The highest BCUT2D eigenvalue weighted by atomic mass is 16.6. The van der Waals surface area contributed by atoms with E-state index < -0.39 is 11.9 Å². The SMILES string of the molecule is C=CC(=O)OCCOC(=O)c1[c]cccc1. The van der Waals surface area contributed by atoms with Crippen molar-refractivity contribution in [3.63, 3.8) is 0 Å². The Balaban J connectivity index is 2.26. The first-order chi connectivity index (χ1) is 7.74. The van der Waals surface area contributed by atoms with E-state index >= 15 is 0 Å². The van der Waals surface area contributed by atoms with Crippen molar-refractivity contribution in [1.29, 1.82) is 0 Å². The Morgan fingerprint density at radius 3 is 2.69 bits per heavy atom. The van der Waals surface area contributed by atoms with Gasteiger partial charge in [0.2, 0.25) is 0 Å². The van der Waals surface area contributed by atoms with Gasteiger partial charge in [-0.05, 0) is 12.1 Å². The maximum Gasteiger partial charge on any atom is 0.338 e. The molecule has 1 aromatic carbocycles. The van der Waals surface area contributed by atoms with Crippen molar-refractivity contribution < 1.29 is 19.1 Å². The lowest BCUT2D eigenvalue weighted by atomic mass is 10.2. The predicted octanol–water partition coefficient (Wildman–Crippen LogP) is 1.37. The van der Waals surface area contributed by atoms with Crippen LogP contribution in [-0.4, -0.2) is 25.2 Å². The van der Waals surface area contributed by atoms with Crippen LogP contribution in [0.3, 0.4) is 0 Å². The van der Waals surface area contributed by atoms with Crippen molar-refractivity contribution in [2.24, 2.45) is 0 Å². The minimum atomic E-state index is -0.540. The van der Waals surface area contributed by atoms with Gasteiger partial charge in [0.05, 0.1) is 5.56 Å². The summed E-state index contributed by atoms with van der Waals surface area (Å²) >= 11 is 0. The van der Waals surface area contributed by atoms with Gasteiger partial charge >= 0.3 is 11.9 Å². The first-order valence-electron chi connectivity index (χ1n) is 4.67. The molecule has 83 valence electrons. The Bertz CT molecular complexity index is 370. The summed E-state index contributed by atoms with van der Waals surface area (Å²) in [6.07, 6.45) is 1.05. The molecule has 0 N–H and O–H groups in total. The quantitative estimate of drug-likeness (QED) is 0.426. The minimum Gasteiger partial charge on any atom is -0.459 e. The van der Waals surface area contributed by atoms with Crippen LogP contribution >= 0.6 is 0 Å². The van der Waals surface area contributed by atoms with E-state index in [-0.39, 0.29) is 13.2 Å². The summed E-state index contributed by atoms with van der Waals surface area (Å²) in [4.78, 5) is 22.0. The van der Waals surface area contributed by atoms with Gasteiger partial charge in [-0.25, -0.2) is 9.59 Å². The molecule has 0 atom stereocenters. The molecule has 0 unspecified atom stereocenters. The highest BCUT2D eigenvalue weighted by Crippen LogP contribution is 1.99. The maximum absolute atomic E-state index is 11.3. The molecular formula is C12H11O4. The minimum absolute atomic E-state index is 0.0150. The summed E-state index contributed by atoms with van der Waals surface area (Å²) in [6.45, 7) is 3.27. The van der Waals surface area contributed by atoms with Crippen LogP contribution in [0.5, 0.6) is 0 Å². The molecular weight excluding hydrogens is 208 g/mol. The van der Waals surface area contributed by atoms with E-state index in [0.717, 1.165) is 6.08 Å². The molecule has 0 saturated carbocycles. The van der Waals surface area contributed by atoms with Crippen molar-refractivity contribution in [2.45, 2.75) is 0 Å². The molecule has 0 spiro atoms. The van der Waals surface area contributed by atoms with Gasteiger partial charge in [0, 0.05) is 6.08 Å². The molecule has 1 radical (unpaired) electrons. The molecule has 16 heavy (non-hydrogen) atoms. The lowest BCUT2D eigenvalue weighted by molar-refractivity contribution is -0.138. The molecule has 0 aliphatic heterocycles. The Morgan fingerprint density at radius 2 is 2.06 bits per heavy atom. The topological polar surface area (TPSA) is 52.6 Å². The van der Waals surface area contributed by atoms with Crippen molar-refractivity contribution in [1.82, 2.24) is 0 Å². The van der Waals surface area contributed by atoms with Crippen molar-refractivity contribution in [2.75, 3.05) is 13.2 Å². The monoisotopic (exact) mass is 219 g/mol. The second-order valence-electron chi connectivity index (χ2n) is 2.78. The molecule has 0 bridgehead atoms. The smallest absolute Gasteiger partial charge is 0.338 e. The van der Waals surface area contributed by atoms with E-state index in [1.54, 1.807) is 24.3 Å². The standard InChI is InChI=1S/C12H11O4/c1-2-11(13)15-8-9-16-12(14)10-6-4-3-5-7-10/h2-6H,1,8-9H2. The number of hydrogen-bond donors (Lipinski definition) is 0. The Labute approximate surface area is 93.5 Å². The van der Waals surface area contributed by atoms with Crippen LogP contribution in [0.1, 0.15) is 10.4 Å². The van der Waals surface area contributed by atoms with E-state index in [0.29, 0.717) is 5.56 Å². The molecule has 0 aromatic heterocycles. The van der Waals surface area contributed by atoms with E-state index in [4.69, 9.17) is 4.74 Å². The number of carbonyl (C=O) groups excluding carboxylic acids is 2. The second-order valence-corrected chi connectivity index (χ2v) is 2.78. The summed E-state index contributed by atoms with van der Waals surface area (Å²) < 4.78 is 9.47. The Kier molecular flexibility index (Phi) is 4.79. The van der Waals surface area contributed by atoms with Gasteiger partial charge in [-0.1, -0.05) is 24.8 Å². The zero-order chi connectivity index (χ0) is 11.8. The van der Waals surface area contributed by atoms with E-state index in [1.165, 1.54) is 0 Å². The fraction of sp³-hybridized carbons (Fsp3) is 0.167. The normalized spacial score (nSPS) is 9.25. The predicted molar refractivity (Wildman–Crippen MR) is 56.7 cm³/mol. The van der Waals surface area contributed by atoms with E-state index in [1.807, 2.05) is 0 Å². The van der Waals surface area contributed by atoms with E-state index in [2.05, 4.69) is 17.4 Å². The highest BCUT2D eigenvalue weighted by Gasteiger charge is 2.05. The van der Waals surface area contributed by atoms with Crippen LogP contribution in [-0.2, 0) is 14.3 Å². The lowest BCUT2D eigenvalue weighted by Crippen LogP contribution is -2.12. The third-order valence-electron chi connectivity index (χ3n) is 1.66. The third-order valence-corrected chi connectivity index (χ3v) is 1.66. The molecule has 0 heterocycles. The van der Waals surface area contributed by atoms with Gasteiger partial charge in [0.25, 0.3) is 0 Å². The van der Waals surface area contributed by atoms with Gasteiger partial charge in [0.1, 0.15) is 13.2 Å². The number of esters is 2. The second kappa shape index (κ2) is 6.40. The third kappa shape index (κ3) is 3.96. The Morgan fingerprint density at radius 1 is 1.31 bits per heavy atom. The zero-order valence-electron chi connectivity index (χ0n) is 8.64. The number of rotatable bonds is 5. The van der Waals surface area contributed by atoms with Crippen LogP contribution in [0.4, 0.5) is 0 Å². The van der Waals surface area contributed by atoms with E-state index in [9.17, 15) is 9.59 Å². The number of ether oxygens (including phenoxy) is 2. The lowest BCUT2D eigenvalue weighted by Gasteiger charge is -2.04. The summed E-state index contributed by atoms with van der Waals surface area (Å²) in [5, 5.41) is 0. The average Bonchev–Trinajstić information content (AvgIpc) is 2.35. The fourth-order valence-electron chi connectivity index (χ4n) is 0.934. The van der Waals surface area contributed by atoms with Crippen molar-refractivity contribution in [3.8, 4) is 0 Å². The molecule has 4 heteroatoms. The number of carbonyl (C=O) groups is 2. The summed E-state index contributed by atoms with van der Waals surface area (Å²) in [7, 11) is 0. The average molecular weight is 219 g/mol. The number of hydrogen-bond acceptors (Lipinski definition) is 4. The first-order valence-corrected chi connectivity index (χ1v) is 4.67. The van der Waals surface area contributed by atoms with Crippen LogP contribution in [0.15, 0.2) is 36.9 Å². The van der Waals surface area contributed by atoms with Crippen LogP contribution in [0.2, 0.25) is 0 Å². The van der Waals surface area contributed by atoms with Gasteiger partial charge in [-0.2, -0.15) is 0 Å². The molecule has 0 aliphatic rings. The van der Waals surface area contributed by atoms with Crippen LogP contribution in [0.25, 0.3) is 0 Å². The van der Waals surface area contributed by atoms with Gasteiger partial charge in [0.15, 0.2) is 0 Å². The fourth-order valence-corrected chi connectivity index (χ4v) is 0.934. The molecule has 0 saturated heterocycles. The summed E-state index contributed by atoms with van der Waals surface area (Å²) in [6, 6.07) is 9.41. The summed E-state index contributed by atoms with van der Waals surface area (Å²) in [5.41, 5.74) is 0.345. The first kappa shape index (κ1) is 12.0. The molecule has 1 rings (SSSR count). The van der Waals surface area contributed by atoms with Gasteiger partial charge in [-0.15, -0.1) is 0 Å². The maximum atomic E-state index is 11.3. The largest absolute Gasteiger partial charge is 0.459 e. The van der Waals surface area contributed by atoms with Crippen LogP contribution in [0, 0.1) is 6.07 Å². The highest BCUT2D eigenvalue weighted by molar-refractivity contribution is 5.89. The van der Waals surface area contributed by atoms with Crippen LogP contribution < -0.4 is 0 Å². The van der Waals surface area contributed by atoms with Crippen molar-refractivity contribution in [3.05, 3.63) is 48.6 Å². The molecule has 0 fully saturated rings. The molecule has 1 aromatic rings. The molecule has 4 nitrogen and oxygen atoms in total. The molecule has 0 aliphatic carbocycles. The van der Waals surface area contributed by atoms with Gasteiger partial charge < -0.3 is 9.47 Å².